The highest BCUT2D eigenvalue weighted by atomic mass is 79.9. The summed E-state index contributed by atoms with van der Waals surface area (Å²) in [6.45, 7) is 6.23. The van der Waals surface area contributed by atoms with Crippen molar-refractivity contribution in [1.82, 2.24) is 10.2 Å². The van der Waals surface area contributed by atoms with Gasteiger partial charge in [0.2, 0.25) is 0 Å². The van der Waals surface area contributed by atoms with Gasteiger partial charge < -0.3 is 5.32 Å². The van der Waals surface area contributed by atoms with E-state index in [1.165, 1.54) is 19.3 Å². The predicted molar refractivity (Wildman–Crippen MR) is 99.9 cm³/mol. The van der Waals surface area contributed by atoms with Crippen molar-refractivity contribution in [1.29, 1.82) is 0 Å². The Labute approximate surface area is 154 Å². The molecule has 1 atom stereocenters. The van der Waals surface area contributed by atoms with Crippen LogP contribution in [-0.4, -0.2) is 31.1 Å². The molecule has 2 nitrogen and oxygen atoms in total. The van der Waals surface area contributed by atoms with Gasteiger partial charge in [0.05, 0.1) is 0 Å². The fourth-order valence-corrected chi connectivity index (χ4v) is 3.22. The van der Waals surface area contributed by atoms with Crippen LogP contribution in [-0.2, 0) is 0 Å². The normalized spacial score (nSPS) is 16.5. The van der Waals surface area contributed by atoms with Crippen molar-refractivity contribution in [2.75, 3.05) is 26.2 Å². The highest BCUT2D eigenvalue weighted by molar-refractivity contribution is 9.10. The molecule has 0 spiro atoms. The fraction of sp³-hybridized carbons (Fsp3) is 0.625. The average Bonchev–Trinajstić information content (AvgIpc) is 2.46. The summed E-state index contributed by atoms with van der Waals surface area (Å²) >= 11 is 3.34. The van der Waals surface area contributed by atoms with Crippen LogP contribution in [0.1, 0.15) is 44.2 Å². The molecule has 128 valence electrons. The lowest BCUT2D eigenvalue weighted by Gasteiger charge is -2.35. The van der Waals surface area contributed by atoms with Gasteiger partial charge in [0.15, 0.2) is 0 Å². The highest BCUT2D eigenvalue weighted by Gasteiger charge is 2.24. The Morgan fingerprint density at radius 3 is 2.50 bits per heavy atom. The third-order valence-electron chi connectivity index (χ3n) is 3.99. The van der Waals surface area contributed by atoms with Gasteiger partial charge >= 0.3 is 0 Å². The molecule has 0 bridgehead atoms. The van der Waals surface area contributed by atoms with Crippen molar-refractivity contribution < 1.29 is 4.39 Å². The van der Waals surface area contributed by atoms with Crippen LogP contribution < -0.4 is 5.32 Å². The summed E-state index contributed by atoms with van der Waals surface area (Å²) in [5.41, 5.74) is 0.853. The quantitative estimate of drug-likeness (QED) is 0.660. The number of nitrogens with zero attached hydrogens (tertiary/aromatic N) is 1. The first-order valence-corrected chi connectivity index (χ1v) is 8.41. The summed E-state index contributed by atoms with van der Waals surface area (Å²) in [4.78, 5) is 2.43. The van der Waals surface area contributed by atoms with Crippen LogP contribution >= 0.6 is 40.7 Å². The molecule has 0 radical (unpaired) electrons. The second-order valence-corrected chi connectivity index (χ2v) is 6.38. The zero-order valence-electron chi connectivity index (χ0n) is 13.0. The molecule has 1 aromatic carbocycles. The molecule has 6 heteroatoms. The lowest BCUT2D eigenvalue weighted by atomic mass is 9.97. The number of benzene rings is 1. The first-order chi connectivity index (χ1) is 9.72. The lowest BCUT2D eigenvalue weighted by molar-refractivity contribution is 0.159. The summed E-state index contributed by atoms with van der Waals surface area (Å²) in [5.74, 6) is -0.0839. The summed E-state index contributed by atoms with van der Waals surface area (Å²) in [7, 11) is 0. The van der Waals surface area contributed by atoms with E-state index in [1.54, 1.807) is 6.07 Å². The molecule has 1 aliphatic heterocycles. The Morgan fingerprint density at radius 2 is 1.91 bits per heavy atom. The Balaban J connectivity index is 0.00000220. The molecule has 1 N–H and O–H groups in total. The molecule has 1 aliphatic rings. The van der Waals surface area contributed by atoms with Crippen LogP contribution in [0.2, 0.25) is 0 Å². The van der Waals surface area contributed by atoms with E-state index in [1.807, 2.05) is 12.1 Å². The minimum absolute atomic E-state index is 0. The largest absolute Gasteiger partial charge is 0.314 e. The second-order valence-electron chi connectivity index (χ2n) is 5.46. The van der Waals surface area contributed by atoms with Crippen molar-refractivity contribution >= 4 is 40.7 Å². The number of rotatable bonds is 6. The van der Waals surface area contributed by atoms with Crippen molar-refractivity contribution in [3.63, 3.8) is 0 Å². The molecule has 2 rings (SSSR count). The number of nitrogens with one attached hydrogen (secondary N) is 1. The zero-order valence-corrected chi connectivity index (χ0v) is 16.2. The molecule has 0 unspecified atom stereocenters. The van der Waals surface area contributed by atoms with Gasteiger partial charge in [-0.15, -0.1) is 24.8 Å². The first-order valence-electron chi connectivity index (χ1n) is 7.62. The molecule has 0 aromatic heterocycles. The summed E-state index contributed by atoms with van der Waals surface area (Å²) in [6, 6.07) is 5.70. The Hall–Kier alpha value is 0.130. The van der Waals surface area contributed by atoms with E-state index in [0.717, 1.165) is 42.6 Å². The molecule has 1 aromatic rings. The molecule has 1 heterocycles. The Bertz CT molecular complexity index is 429. The van der Waals surface area contributed by atoms with Gasteiger partial charge in [0, 0.05) is 42.3 Å². The topological polar surface area (TPSA) is 15.3 Å². The van der Waals surface area contributed by atoms with Gasteiger partial charge in [0.25, 0.3) is 0 Å². The van der Waals surface area contributed by atoms with Crippen LogP contribution in [0.4, 0.5) is 4.39 Å². The van der Waals surface area contributed by atoms with Gasteiger partial charge in [-0.1, -0.05) is 48.2 Å². The molecular weight excluding hydrogens is 390 g/mol. The average molecular weight is 416 g/mol. The number of hydrogen-bond acceptors (Lipinski definition) is 2. The van der Waals surface area contributed by atoms with E-state index in [0.29, 0.717) is 0 Å². The highest BCUT2D eigenvalue weighted by Crippen LogP contribution is 2.30. The van der Waals surface area contributed by atoms with Crippen molar-refractivity contribution in [2.24, 2.45) is 0 Å². The Morgan fingerprint density at radius 1 is 1.23 bits per heavy atom. The van der Waals surface area contributed by atoms with Crippen LogP contribution in [0.3, 0.4) is 0 Å². The van der Waals surface area contributed by atoms with Crippen molar-refractivity contribution in [2.45, 2.75) is 38.6 Å². The monoisotopic (exact) mass is 414 g/mol. The number of halogens is 4. The number of unbranched alkanes of at least 4 members (excludes halogenated alkanes) is 2. The van der Waals surface area contributed by atoms with Gasteiger partial charge in [-0.3, -0.25) is 4.90 Å². The van der Waals surface area contributed by atoms with Gasteiger partial charge in [-0.2, -0.15) is 0 Å². The molecule has 22 heavy (non-hydrogen) atoms. The van der Waals surface area contributed by atoms with E-state index < -0.39 is 0 Å². The van der Waals surface area contributed by atoms with E-state index in [4.69, 9.17) is 0 Å². The van der Waals surface area contributed by atoms with Gasteiger partial charge in [0.1, 0.15) is 5.82 Å². The molecule has 0 saturated carbocycles. The van der Waals surface area contributed by atoms with Crippen LogP contribution in [0, 0.1) is 5.82 Å². The van der Waals surface area contributed by atoms with Crippen molar-refractivity contribution in [3.8, 4) is 0 Å². The van der Waals surface area contributed by atoms with Crippen LogP contribution in [0.15, 0.2) is 22.7 Å². The maximum atomic E-state index is 14.3. The van der Waals surface area contributed by atoms with Gasteiger partial charge in [-0.05, 0) is 18.6 Å². The third-order valence-corrected chi connectivity index (χ3v) is 4.49. The summed E-state index contributed by atoms with van der Waals surface area (Å²) in [5, 5.41) is 3.37. The molecule has 1 saturated heterocycles. The van der Waals surface area contributed by atoms with Crippen LogP contribution in [0.25, 0.3) is 0 Å². The maximum Gasteiger partial charge on any atom is 0.129 e. The minimum Gasteiger partial charge on any atom is -0.314 e. The Kier molecular flexibility index (Phi) is 11.7. The fourth-order valence-electron chi connectivity index (χ4n) is 2.89. The first kappa shape index (κ1) is 22.1. The van der Waals surface area contributed by atoms with E-state index in [9.17, 15) is 4.39 Å². The second kappa shape index (κ2) is 11.6. The number of hydrogen-bond donors (Lipinski definition) is 1. The third kappa shape index (κ3) is 6.32. The molecule has 0 amide bonds. The SMILES string of the molecule is CCCCC[C@H](c1ccc(Br)cc1F)N1CCNCC1.Cl.Cl. The van der Waals surface area contributed by atoms with Crippen LogP contribution in [0.5, 0.6) is 0 Å². The smallest absolute Gasteiger partial charge is 0.129 e. The lowest BCUT2D eigenvalue weighted by Crippen LogP contribution is -2.45. The number of piperazine rings is 1. The zero-order chi connectivity index (χ0) is 14.4. The maximum absolute atomic E-state index is 14.3. The molecule has 1 fully saturated rings. The van der Waals surface area contributed by atoms with E-state index >= 15 is 0 Å². The predicted octanol–water partition coefficient (Wildman–Crippen LogP) is 4.96. The molecular formula is C16H26BrCl2FN2. The summed E-state index contributed by atoms with van der Waals surface area (Å²) in [6.07, 6.45) is 4.64. The minimum atomic E-state index is -0.0839. The molecule has 0 aliphatic carbocycles. The summed E-state index contributed by atoms with van der Waals surface area (Å²) < 4.78 is 15.1. The van der Waals surface area contributed by atoms with Crippen molar-refractivity contribution in [3.05, 3.63) is 34.1 Å². The standard InChI is InChI=1S/C16H24BrFN2.2ClH/c1-2-3-4-5-16(20-10-8-19-9-11-20)14-7-6-13(17)12-15(14)18;;/h6-7,12,16,19H,2-5,8-11H2,1H3;2*1H/t16-;;/m1../s1. The van der Waals surface area contributed by atoms with E-state index in [-0.39, 0.29) is 36.7 Å². The van der Waals surface area contributed by atoms with Gasteiger partial charge in [-0.25, -0.2) is 4.39 Å². The van der Waals surface area contributed by atoms with E-state index in [2.05, 4.69) is 33.1 Å².